The van der Waals surface area contributed by atoms with Crippen LogP contribution < -0.4 is 4.74 Å². The van der Waals surface area contributed by atoms with Gasteiger partial charge in [0.05, 0.1) is 12.5 Å². The predicted molar refractivity (Wildman–Crippen MR) is 97.0 cm³/mol. The fourth-order valence-corrected chi connectivity index (χ4v) is 3.14. The Morgan fingerprint density at radius 3 is 2.56 bits per heavy atom. The molecule has 0 radical (unpaired) electrons. The molecule has 1 aliphatic heterocycles. The number of likely N-dealkylation sites (tertiary alicyclic amines) is 1. The average Bonchev–Trinajstić information content (AvgIpc) is 2.64. The fourth-order valence-electron chi connectivity index (χ4n) is 3.14. The van der Waals surface area contributed by atoms with E-state index >= 15 is 0 Å². The molecule has 0 saturated carbocycles. The van der Waals surface area contributed by atoms with Crippen LogP contribution in [0.3, 0.4) is 0 Å². The molecule has 1 N–H and O–H groups in total. The van der Waals surface area contributed by atoms with Gasteiger partial charge < -0.3 is 14.7 Å². The van der Waals surface area contributed by atoms with Crippen molar-refractivity contribution in [1.29, 1.82) is 0 Å². The number of benzene rings is 1. The zero-order chi connectivity index (χ0) is 18.1. The van der Waals surface area contributed by atoms with Crippen LogP contribution in [0, 0.1) is 5.92 Å². The van der Waals surface area contributed by atoms with Crippen molar-refractivity contribution in [3.05, 3.63) is 29.8 Å². The zero-order valence-electron chi connectivity index (χ0n) is 15.1. The highest BCUT2D eigenvalue weighted by Crippen LogP contribution is 2.20. The molecule has 0 aliphatic carbocycles. The summed E-state index contributed by atoms with van der Waals surface area (Å²) in [6, 6.07) is 7.16. The number of piperidine rings is 1. The topological polar surface area (TPSA) is 66.8 Å². The Kier molecular flexibility index (Phi) is 7.76. The monoisotopic (exact) mass is 347 g/mol. The van der Waals surface area contributed by atoms with Gasteiger partial charge in [0.1, 0.15) is 5.75 Å². The molecule has 2 rings (SSSR count). The molecule has 1 fully saturated rings. The lowest BCUT2D eigenvalue weighted by Gasteiger charge is -2.30. The van der Waals surface area contributed by atoms with Crippen LogP contribution in [0.25, 0.3) is 0 Å². The number of unbranched alkanes of at least 4 members (excludes halogenated alkanes) is 4. The van der Waals surface area contributed by atoms with Gasteiger partial charge in [-0.3, -0.25) is 9.59 Å². The Morgan fingerprint density at radius 2 is 1.88 bits per heavy atom. The first-order valence-electron chi connectivity index (χ1n) is 9.36. The van der Waals surface area contributed by atoms with E-state index in [4.69, 9.17) is 9.84 Å². The highest BCUT2D eigenvalue weighted by molar-refractivity contribution is 5.94. The van der Waals surface area contributed by atoms with Crippen LogP contribution in [0.5, 0.6) is 5.75 Å². The zero-order valence-corrected chi connectivity index (χ0v) is 15.1. The first kappa shape index (κ1) is 19.3. The van der Waals surface area contributed by atoms with E-state index in [9.17, 15) is 9.59 Å². The number of carbonyl (C=O) groups is 2. The van der Waals surface area contributed by atoms with Crippen molar-refractivity contribution in [2.24, 2.45) is 5.92 Å². The highest BCUT2D eigenvalue weighted by Gasteiger charge is 2.28. The SMILES string of the molecule is CCCCCCCOc1ccc(C(=O)N2CCCC(C(=O)O)C2)cc1. The van der Waals surface area contributed by atoms with Gasteiger partial charge in [0.15, 0.2) is 0 Å². The number of hydrogen-bond acceptors (Lipinski definition) is 3. The molecule has 1 aromatic rings. The maximum atomic E-state index is 12.5. The summed E-state index contributed by atoms with van der Waals surface area (Å²) in [6.07, 6.45) is 7.37. The van der Waals surface area contributed by atoms with Crippen LogP contribution >= 0.6 is 0 Å². The van der Waals surface area contributed by atoms with Crippen molar-refractivity contribution in [2.75, 3.05) is 19.7 Å². The summed E-state index contributed by atoms with van der Waals surface area (Å²) in [5.74, 6) is -0.598. The van der Waals surface area contributed by atoms with Gasteiger partial charge in [-0.15, -0.1) is 0 Å². The van der Waals surface area contributed by atoms with E-state index in [1.807, 2.05) is 12.1 Å². The number of carboxylic acids is 1. The van der Waals surface area contributed by atoms with Gasteiger partial charge in [0.25, 0.3) is 5.91 Å². The summed E-state index contributed by atoms with van der Waals surface area (Å²) >= 11 is 0. The van der Waals surface area contributed by atoms with Gasteiger partial charge in [-0.2, -0.15) is 0 Å². The molecule has 1 amide bonds. The molecule has 5 heteroatoms. The van der Waals surface area contributed by atoms with E-state index in [-0.39, 0.29) is 5.91 Å². The summed E-state index contributed by atoms with van der Waals surface area (Å²) < 4.78 is 5.71. The van der Waals surface area contributed by atoms with E-state index in [1.54, 1.807) is 17.0 Å². The normalized spacial score (nSPS) is 17.3. The predicted octanol–water partition coefficient (Wildman–Crippen LogP) is 3.97. The molecular formula is C20H29NO4. The number of carboxylic acid groups (broad SMARTS) is 1. The summed E-state index contributed by atoms with van der Waals surface area (Å²) in [4.78, 5) is 25.3. The van der Waals surface area contributed by atoms with E-state index < -0.39 is 11.9 Å². The molecule has 1 heterocycles. The average molecular weight is 347 g/mol. The lowest BCUT2D eigenvalue weighted by atomic mass is 9.97. The molecule has 1 unspecified atom stereocenters. The van der Waals surface area contributed by atoms with Gasteiger partial charge in [0, 0.05) is 18.7 Å². The number of carbonyl (C=O) groups excluding carboxylic acids is 1. The summed E-state index contributed by atoms with van der Waals surface area (Å²) in [7, 11) is 0. The number of ether oxygens (including phenoxy) is 1. The van der Waals surface area contributed by atoms with Crippen molar-refractivity contribution < 1.29 is 19.4 Å². The van der Waals surface area contributed by atoms with Crippen LogP contribution in [0.2, 0.25) is 0 Å². The van der Waals surface area contributed by atoms with Gasteiger partial charge >= 0.3 is 5.97 Å². The first-order valence-corrected chi connectivity index (χ1v) is 9.36. The van der Waals surface area contributed by atoms with E-state index in [0.29, 0.717) is 31.7 Å². The van der Waals surface area contributed by atoms with E-state index in [2.05, 4.69) is 6.92 Å². The van der Waals surface area contributed by atoms with Gasteiger partial charge in [0.2, 0.25) is 0 Å². The van der Waals surface area contributed by atoms with Crippen molar-refractivity contribution >= 4 is 11.9 Å². The molecule has 5 nitrogen and oxygen atoms in total. The van der Waals surface area contributed by atoms with Gasteiger partial charge in [-0.25, -0.2) is 0 Å². The summed E-state index contributed by atoms with van der Waals surface area (Å²) in [5.41, 5.74) is 0.585. The minimum atomic E-state index is -0.819. The Balaban J connectivity index is 1.80. The number of rotatable bonds is 9. The lowest BCUT2D eigenvalue weighted by molar-refractivity contribution is -0.143. The van der Waals surface area contributed by atoms with Crippen LogP contribution in [0.4, 0.5) is 0 Å². The van der Waals surface area contributed by atoms with Crippen molar-refractivity contribution in [1.82, 2.24) is 4.90 Å². The largest absolute Gasteiger partial charge is 0.494 e. The van der Waals surface area contributed by atoms with Crippen LogP contribution in [0.15, 0.2) is 24.3 Å². The molecule has 1 aromatic carbocycles. The van der Waals surface area contributed by atoms with Crippen LogP contribution in [-0.4, -0.2) is 41.6 Å². The number of amides is 1. The lowest BCUT2D eigenvalue weighted by Crippen LogP contribution is -2.42. The third-order valence-electron chi connectivity index (χ3n) is 4.68. The van der Waals surface area contributed by atoms with Crippen LogP contribution in [0.1, 0.15) is 62.2 Å². The summed E-state index contributed by atoms with van der Waals surface area (Å²) in [6.45, 7) is 3.82. The molecule has 0 spiro atoms. The molecule has 0 bridgehead atoms. The number of aliphatic carboxylic acids is 1. The molecule has 1 atom stereocenters. The minimum Gasteiger partial charge on any atom is -0.494 e. The minimum absolute atomic E-state index is 0.0999. The Hall–Kier alpha value is -2.04. The number of nitrogens with zero attached hydrogens (tertiary/aromatic N) is 1. The Labute approximate surface area is 150 Å². The van der Waals surface area contributed by atoms with E-state index in [1.165, 1.54) is 25.7 Å². The molecular weight excluding hydrogens is 318 g/mol. The maximum Gasteiger partial charge on any atom is 0.308 e. The summed E-state index contributed by atoms with van der Waals surface area (Å²) in [5, 5.41) is 9.14. The van der Waals surface area contributed by atoms with Crippen molar-refractivity contribution in [2.45, 2.75) is 51.9 Å². The smallest absolute Gasteiger partial charge is 0.308 e. The Bertz CT molecular complexity index is 555. The van der Waals surface area contributed by atoms with E-state index in [0.717, 1.165) is 18.6 Å². The molecule has 1 saturated heterocycles. The van der Waals surface area contributed by atoms with Crippen molar-refractivity contribution in [3.63, 3.8) is 0 Å². The second kappa shape index (κ2) is 10.1. The molecule has 138 valence electrons. The maximum absolute atomic E-state index is 12.5. The van der Waals surface area contributed by atoms with Crippen molar-refractivity contribution in [3.8, 4) is 5.75 Å². The molecule has 0 aromatic heterocycles. The third-order valence-corrected chi connectivity index (χ3v) is 4.68. The number of hydrogen-bond donors (Lipinski definition) is 1. The molecule has 1 aliphatic rings. The van der Waals surface area contributed by atoms with Gasteiger partial charge in [-0.05, 0) is 43.5 Å². The Morgan fingerprint density at radius 1 is 1.16 bits per heavy atom. The second-order valence-corrected chi connectivity index (χ2v) is 6.72. The third kappa shape index (κ3) is 6.07. The van der Waals surface area contributed by atoms with Crippen LogP contribution in [-0.2, 0) is 4.79 Å². The fraction of sp³-hybridized carbons (Fsp3) is 0.600. The van der Waals surface area contributed by atoms with Gasteiger partial charge in [-0.1, -0.05) is 32.6 Å². The second-order valence-electron chi connectivity index (χ2n) is 6.72. The standard InChI is InChI=1S/C20H29NO4/c1-2-3-4-5-6-14-25-18-11-9-16(10-12-18)19(22)21-13-7-8-17(15-21)20(23)24/h9-12,17H,2-8,13-15H2,1H3,(H,23,24). The molecule has 25 heavy (non-hydrogen) atoms. The first-order chi connectivity index (χ1) is 12.1. The quantitative estimate of drug-likeness (QED) is 0.686. The highest BCUT2D eigenvalue weighted by atomic mass is 16.5.